The van der Waals surface area contributed by atoms with Gasteiger partial charge in [-0.2, -0.15) is 0 Å². The number of amides is 1. The van der Waals surface area contributed by atoms with Crippen LogP contribution in [0, 0.1) is 5.92 Å². The Morgan fingerprint density at radius 3 is 2.79 bits per heavy atom. The van der Waals surface area contributed by atoms with E-state index >= 15 is 0 Å². The lowest BCUT2D eigenvalue weighted by Gasteiger charge is -2.39. The zero-order chi connectivity index (χ0) is 14.2. The quantitative estimate of drug-likeness (QED) is 0.757. The van der Waals surface area contributed by atoms with Crippen LogP contribution in [0.4, 0.5) is 0 Å². The normalized spacial score (nSPS) is 29.6. The molecule has 2 aliphatic heterocycles. The van der Waals surface area contributed by atoms with Gasteiger partial charge in [0.25, 0.3) is 0 Å². The maximum Gasteiger partial charge on any atom is 0.323 e. The fraction of sp³-hybridized carbons (Fsp3) is 0.857. The average molecular weight is 268 g/mol. The number of nitrogens with one attached hydrogen (secondary N) is 1. The Hall–Kier alpha value is -1.10. The topological polar surface area (TPSA) is 58.6 Å². The van der Waals surface area contributed by atoms with Crippen molar-refractivity contribution in [2.75, 3.05) is 13.1 Å². The number of rotatable bonds is 2. The van der Waals surface area contributed by atoms with Crippen LogP contribution in [0.3, 0.4) is 0 Å². The van der Waals surface area contributed by atoms with E-state index in [4.69, 9.17) is 4.74 Å². The van der Waals surface area contributed by atoms with E-state index in [1.165, 1.54) is 0 Å². The van der Waals surface area contributed by atoms with Crippen LogP contribution in [0.25, 0.3) is 0 Å². The highest BCUT2D eigenvalue weighted by atomic mass is 16.6. The lowest BCUT2D eigenvalue weighted by Crippen LogP contribution is -2.53. The molecule has 2 aliphatic rings. The van der Waals surface area contributed by atoms with Crippen molar-refractivity contribution in [3.63, 3.8) is 0 Å². The predicted octanol–water partition coefficient (Wildman–Crippen LogP) is 0.927. The molecule has 1 N–H and O–H groups in total. The van der Waals surface area contributed by atoms with Gasteiger partial charge in [-0.25, -0.2) is 0 Å². The lowest BCUT2D eigenvalue weighted by molar-refractivity contribution is -0.163. The van der Waals surface area contributed by atoms with Gasteiger partial charge in [-0.1, -0.05) is 0 Å². The largest absolute Gasteiger partial charge is 0.459 e. The van der Waals surface area contributed by atoms with Gasteiger partial charge in [0.2, 0.25) is 5.91 Å². The van der Waals surface area contributed by atoms with Crippen LogP contribution in [-0.4, -0.2) is 47.6 Å². The van der Waals surface area contributed by atoms with Gasteiger partial charge in [0.15, 0.2) is 0 Å². The molecule has 0 saturated carbocycles. The number of hydrogen-bond acceptors (Lipinski definition) is 4. The van der Waals surface area contributed by atoms with Gasteiger partial charge in [-0.3, -0.25) is 14.5 Å². The molecule has 0 aromatic heterocycles. The minimum atomic E-state index is -0.468. The molecule has 0 aromatic rings. The molecule has 2 saturated heterocycles. The third-order valence-electron chi connectivity index (χ3n) is 3.89. The summed E-state index contributed by atoms with van der Waals surface area (Å²) >= 11 is 0. The van der Waals surface area contributed by atoms with Gasteiger partial charge in [-0.15, -0.1) is 0 Å². The minimum absolute atomic E-state index is 0.0404. The van der Waals surface area contributed by atoms with Crippen LogP contribution < -0.4 is 5.32 Å². The van der Waals surface area contributed by atoms with E-state index in [1.54, 1.807) is 0 Å². The number of ether oxygens (including phenoxy) is 1. The smallest absolute Gasteiger partial charge is 0.323 e. The molecule has 0 aliphatic carbocycles. The summed E-state index contributed by atoms with van der Waals surface area (Å²) in [6, 6.07) is -0.150. The highest BCUT2D eigenvalue weighted by Crippen LogP contribution is 2.29. The Kier molecular flexibility index (Phi) is 3.85. The zero-order valence-corrected chi connectivity index (χ0v) is 12.2. The van der Waals surface area contributed by atoms with Gasteiger partial charge >= 0.3 is 5.97 Å². The highest BCUT2D eigenvalue weighted by molar-refractivity contribution is 5.82. The molecule has 0 spiro atoms. The molecule has 3 atom stereocenters. The SMILES string of the molecule is CC(C(=O)OC(C)(C)C)N1CCCC2C(=O)NCC21. The van der Waals surface area contributed by atoms with E-state index in [0.29, 0.717) is 6.54 Å². The first-order valence-electron chi connectivity index (χ1n) is 7.06. The second-order valence-corrected chi connectivity index (χ2v) is 6.51. The van der Waals surface area contributed by atoms with Crippen LogP contribution in [0.5, 0.6) is 0 Å². The van der Waals surface area contributed by atoms with Gasteiger partial charge in [0.1, 0.15) is 11.6 Å². The van der Waals surface area contributed by atoms with Crippen molar-refractivity contribution < 1.29 is 14.3 Å². The van der Waals surface area contributed by atoms with Crippen molar-refractivity contribution in [2.45, 2.75) is 58.2 Å². The van der Waals surface area contributed by atoms with Gasteiger partial charge in [-0.05, 0) is 47.1 Å². The number of fused-ring (bicyclic) bond motifs is 1. The monoisotopic (exact) mass is 268 g/mol. The van der Waals surface area contributed by atoms with Crippen molar-refractivity contribution in [3.05, 3.63) is 0 Å². The summed E-state index contributed by atoms with van der Waals surface area (Å²) in [5.74, 6) is -0.0303. The first-order chi connectivity index (χ1) is 8.79. The molecule has 5 nitrogen and oxygen atoms in total. The van der Waals surface area contributed by atoms with Crippen LogP contribution in [-0.2, 0) is 14.3 Å². The van der Waals surface area contributed by atoms with Gasteiger partial charge in [0, 0.05) is 12.6 Å². The van der Waals surface area contributed by atoms with E-state index in [1.807, 2.05) is 27.7 Å². The van der Waals surface area contributed by atoms with E-state index < -0.39 is 5.60 Å². The summed E-state index contributed by atoms with van der Waals surface area (Å²) < 4.78 is 5.44. The summed E-state index contributed by atoms with van der Waals surface area (Å²) in [4.78, 5) is 26.0. The first-order valence-corrected chi connectivity index (χ1v) is 7.06. The van der Waals surface area contributed by atoms with Crippen LogP contribution >= 0.6 is 0 Å². The maximum atomic E-state index is 12.2. The molecule has 19 heavy (non-hydrogen) atoms. The van der Waals surface area contributed by atoms with E-state index in [9.17, 15) is 9.59 Å². The molecule has 2 rings (SSSR count). The molecule has 2 heterocycles. The minimum Gasteiger partial charge on any atom is -0.459 e. The summed E-state index contributed by atoms with van der Waals surface area (Å²) in [6.07, 6.45) is 1.88. The second kappa shape index (κ2) is 5.12. The number of likely N-dealkylation sites (tertiary alicyclic amines) is 1. The first kappa shape index (κ1) is 14.3. The fourth-order valence-corrected chi connectivity index (χ4v) is 2.99. The Bertz CT molecular complexity index is 375. The van der Waals surface area contributed by atoms with Crippen molar-refractivity contribution in [3.8, 4) is 0 Å². The van der Waals surface area contributed by atoms with E-state index in [2.05, 4.69) is 10.2 Å². The van der Waals surface area contributed by atoms with Crippen molar-refractivity contribution in [1.82, 2.24) is 10.2 Å². The Morgan fingerprint density at radius 1 is 1.47 bits per heavy atom. The van der Waals surface area contributed by atoms with E-state index in [0.717, 1.165) is 19.4 Å². The number of esters is 1. The summed E-state index contributed by atoms with van der Waals surface area (Å²) in [5.41, 5.74) is -0.468. The molecular formula is C14H24N2O3. The summed E-state index contributed by atoms with van der Waals surface area (Å²) in [7, 11) is 0. The number of carbonyl (C=O) groups is 2. The van der Waals surface area contributed by atoms with Crippen molar-refractivity contribution in [1.29, 1.82) is 0 Å². The molecule has 3 unspecified atom stereocenters. The summed E-state index contributed by atoms with van der Waals surface area (Å²) in [5, 5.41) is 2.90. The van der Waals surface area contributed by atoms with E-state index in [-0.39, 0.29) is 29.9 Å². The molecular weight excluding hydrogens is 244 g/mol. The molecule has 1 amide bonds. The van der Waals surface area contributed by atoms with Crippen LogP contribution in [0.2, 0.25) is 0 Å². The van der Waals surface area contributed by atoms with Gasteiger partial charge in [0.05, 0.1) is 5.92 Å². The number of hydrogen-bond donors (Lipinski definition) is 1. The molecule has 0 radical (unpaired) electrons. The Balaban J connectivity index is 2.04. The summed E-state index contributed by atoms with van der Waals surface area (Å²) in [6.45, 7) is 9.00. The zero-order valence-electron chi connectivity index (χ0n) is 12.2. The molecule has 0 bridgehead atoms. The molecule has 108 valence electrons. The molecule has 2 fully saturated rings. The van der Waals surface area contributed by atoms with Crippen LogP contribution in [0.1, 0.15) is 40.5 Å². The molecule has 5 heteroatoms. The number of piperidine rings is 1. The maximum absolute atomic E-state index is 12.2. The fourth-order valence-electron chi connectivity index (χ4n) is 2.99. The number of nitrogens with zero attached hydrogens (tertiary/aromatic N) is 1. The standard InChI is InChI=1S/C14H24N2O3/c1-9(13(18)19-14(2,3)4)16-7-5-6-10-11(16)8-15-12(10)17/h9-11H,5-8H2,1-4H3,(H,15,17). The molecule has 0 aromatic carbocycles. The lowest BCUT2D eigenvalue weighted by atomic mass is 9.90. The highest BCUT2D eigenvalue weighted by Gasteiger charge is 2.44. The third-order valence-corrected chi connectivity index (χ3v) is 3.89. The average Bonchev–Trinajstić information content (AvgIpc) is 2.68. The third kappa shape index (κ3) is 3.08. The second-order valence-electron chi connectivity index (χ2n) is 6.51. The van der Waals surface area contributed by atoms with Crippen molar-refractivity contribution >= 4 is 11.9 Å². The Labute approximate surface area is 114 Å². The van der Waals surface area contributed by atoms with Crippen LogP contribution in [0.15, 0.2) is 0 Å². The Morgan fingerprint density at radius 2 is 2.16 bits per heavy atom. The van der Waals surface area contributed by atoms with Gasteiger partial charge < -0.3 is 10.1 Å². The number of carbonyl (C=O) groups excluding carboxylic acids is 2. The van der Waals surface area contributed by atoms with Crippen molar-refractivity contribution in [2.24, 2.45) is 5.92 Å². The predicted molar refractivity (Wildman–Crippen MR) is 71.5 cm³/mol.